The molecule has 4 N–H and O–H groups in total. The first-order valence-electron chi connectivity index (χ1n) is 29.2. The van der Waals surface area contributed by atoms with Crippen LogP contribution in [-0.2, 0) is 54.5 Å². The molecule has 78 heavy (non-hydrogen) atoms. The summed E-state index contributed by atoms with van der Waals surface area (Å²) in [7, 11) is 3.47. The Morgan fingerprint density at radius 3 is 1.13 bits per heavy atom. The van der Waals surface area contributed by atoms with E-state index >= 15 is 0 Å². The standard InChI is InChI=1S/C64H90N8O6/c1-49(65-3)61(75)67-57(39-37-51-25-13-9-14-26-51)63(77)71-43-23-33-55(71)47-69(45-41-53-29-17-11-18-30-53)59(73)35-21-7-5-6-8-22-36-60(74)70(46-42-54-31-19-12-20-32-54)48-56-34-24-44-72(56)64(78)58(68-62(76)50(2)66-4)40-38-52-27-15-10-16-28-52/h9-20,25-32,49-50,55-58,65-66H,5-8,21-24,33-48H2,1-4H3,(H,67,75)(H,68,76)/t49-,50-,55-,56-,57-,58-/m0/s1. The number of amides is 6. The first-order chi connectivity index (χ1) is 37.9. The zero-order valence-corrected chi connectivity index (χ0v) is 47.2. The Morgan fingerprint density at radius 2 is 0.795 bits per heavy atom. The van der Waals surface area contributed by atoms with Crippen molar-refractivity contribution in [2.75, 3.05) is 53.4 Å². The van der Waals surface area contributed by atoms with E-state index in [1.54, 1.807) is 27.9 Å². The second-order valence-electron chi connectivity index (χ2n) is 21.6. The maximum absolute atomic E-state index is 14.4. The molecular weight excluding hydrogens is 977 g/mol. The zero-order chi connectivity index (χ0) is 55.5. The fourth-order valence-corrected chi connectivity index (χ4v) is 10.9. The summed E-state index contributed by atoms with van der Waals surface area (Å²) in [6.07, 6.45) is 13.1. The van der Waals surface area contributed by atoms with Crippen LogP contribution in [0.25, 0.3) is 0 Å². The molecule has 2 fully saturated rings. The van der Waals surface area contributed by atoms with Crippen molar-refractivity contribution >= 4 is 35.4 Å². The third kappa shape index (κ3) is 19.8. The summed E-state index contributed by atoms with van der Waals surface area (Å²) >= 11 is 0. The minimum absolute atomic E-state index is 0.0866. The molecule has 6 rings (SSSR count). The number of carbonyl (C=O) groups excluding carboxylic acids is 6. The van der Waals surface area contributed by atoms with Gasteiger partial charge in [-0.15, -0.1) is 0 Å². The van der Waals surface area contributed by atoms with Gasteiger partial charge in [-0.1, -0.05) is 147 Å². The predicted molar refractivity (Wildman–Crippen MR) is 310 cm³/mol. The Balaban J connectivity index is 1.00. The van der Waals surface area contributed by atoms with Crippen molar-refractivity contribution in [3.05, 3.63) is 144 Å². The number of nitrogens with one attached hydrogen (secondary N) is 4. The fraction of sp³-hybridized carbons (Fsp3) is 0.531. The molecule has 14 nitrogen and oxygen atoms in total. The molecular formula is C64H90N8O6. The molecule has 2 saturated heterocycles. The summed E-state index contributed by atoms with van der Waals surface area (Å²) < 4.78 is 0. The maximum atomic E-state index is 14.4. The monoisotopic (exact) mass is 1070 g/mol. The summed E-state index contributed by atoms with van der Waals surface area (Å²) in [6, 6.07) is 37.9. The number of rotatable bonds is 33. The number of hydrogen-bond acceptors (Lipinski definition) is 8. The fourth-order valence-electron chi connectivity index (χ4n) is 10.9. The maximum Gasteiger partial charge on any atom is 0.245 e. The highest BCUT2D eigenvalue weighted by molar-refractivity contribution is 5.91. The normalized spacial score (nSPS) is 16.7. The molecule has 0 radical (unpaired) electrons. The lowest BCUT2D eigenvalue weighted by atomic mass is 10.0. The van der Waals surface area contributed by atoms with E-state index in [1.807, 2.05) is 117 Å². The first-order valence-corrected chi connectivity index (χ1v) is 29.2. The predicted octanol–water partition coefficient (Wildman–Crippen LogP) is 7.68. The van der Waals surface area contributed by atoms with Crippen LogP contribution in [0.3, 0.4) is 0 Å². The van der Waals surface area contributed by atoms with Crippen molar-refractivity contribution in [1.29, 1.82) is 0 Å². The van der Waals surface area contributed by atoms with Gasteiger partial charge in [0, 0.05) is 64.2 Å². The third-order valence-electron chi connectivity index (χ3n) is 16.0. The van der Waals surface area contributed by atoms with Gasteiger partial charge in [0.1, 0.15) is 12.1 Å². The molecule has 0 aliphatic carbocycles. The highest BCUT2D eigenvalue weighted by Crippen LogP contribution is 2.24. The molecule has 0 bridgehead atoms. The number of likely N-dealkylation sites (tertiary alicyclic amines) is 2. The van der Waals surface area contributed by atoms with Gasteiger partial charge >= 0.3 is 0 Å². The van der Waals surface area contributed by atoms with E-state index in [-0.39, 0.29) is 47.5 Å². The van der Waals surface area contributed by atoms with E-state index < -0.39 is 24.2 Å². The lowest BCUT2D eigenvalue weighted by Gasteiger charge is -2.33. The Labute approximate surface area is 465 Å². The second kappa shape index (κ2) is 33.1. The lowest BCUT2D eigenvalue weighted by molar-refractivity contribution is -0.139. The molecule has 2 heterocycles. The highest BCUT2D eigenvalue weighted by Gasteiger charge is 2.37. The van der Waals surface area contributed by atoms with Crippen LogP contribution in [0.2, 0.25) is 0 Å². The van der Waals surface area contributed by atoms with E-state index in [0.717, 1.165) is 99.3 Å². The third-order valence-corrected chi connectivity index (χ3v) is 16.0. The largest absolute Gasteiger partial charge is 0.343 e. The highest BCUT2D eigenvalue weighted by atomic mass is 16.2. The van der Waals surface area contributed by atoms with Gasteiger partial charge in [-0.3, -0.25) is 28.8 Å². The minimum Gasteiger partial charge on any atom is -0.343 e. The van der Waals surface area contributed by atoms with Crippen LogP contribution in [-0.4, -0.2) is 145 Å². The van der Waals surface area contributed by atoms with Crippen LogP contribution in [0, 0.1) is 0 Å². The van der Waals surface area contributed by atoms with Gasteiger partial charge in [0.15, 0.2) is 0 Å². The zero-order valence-electron chi connectivity index (χ0n) is 47.2. The van der Waals surface area contributed by atoms with Gasteiger partial charge in [-0.2, -0.15) is 0 Å². The van der Waals surface area contributed by atoms with Crippen molar-refractivity contribution in [1.82, 2.24) is 40.9 Å². The van der Waals surface area contributed by atoms with Crippen LogP contribution in [0.15, 0.2) is 121 Å². The average Bonchev–Trinajstić information content (AvgIpc) is 4.16. The Hall–Kier alpha value is -6.38. The summed E-state index contributed by atoms with van der Waals surface area (Å²) in [5, 5.41) is 12.1. The summed E-state index contributed by atoms with van der Waals surface area (Å²) in [5.74, 6) is -0.401. The summed E-state index contributed by atoms with van der Waals surface area (Å²) in [6.45, 7) is 6.79. The quantitative estimate of drug-likeness (QED) is 0.0353. The number of unbranched alkanes of at least 4 members (excludes halogenated alkanes) is 5. The molecule has 0 saturated carbocycles. The van der Waals surface area contributed by atoms with E-state index in [9.17, 15) is 28.8 Å². The molecule has 422 valence electrons. The molecule has 2 aliphatic heterocycles. The van der Waals surface area contributed by atoms with Gasteiger partial charge in [0.05, 0.1) is 12.1 Å². The SMILES string of the molecule is CN[C@@H](C)C(=O)N[C@@H](CCc1ccccc1)C(=O)N1CCC[C@H]1CN(CCc1ccccc1)C(=O)CCCCCCCCC(=O)N(CCc1ccccc1)C[C@@H]1CCCN1C(=O)[C@H](CCc1ccccc1)NC(=O)[C@H](C)NC. The molecule has 6 atom stereocenters. The molecule has 0 spiro atoms. The minimum atomic E-state index is -0.677. The molecule has 14 heteroatoms. The number of carbonyl (C=O) groups is 6. The van der Waals surface area contributed by atoms with Crippen LogP contribution < -0.4 is 21.3 Å². The Kier molecular flexibility index (Phi) is 25.9. The molecule has 0 aromatic heterocycles. The van der Waals surface area contributed by atoms with Crippen molar-refractivity contribution < 1.29 is 28.8 Å². The van der Waals surface area contributed by atoms with E-state index in [0.29, 0.717) is 77.8 Å². The van der Waals surface area contributed by atoms with Gasteiger partial charge < -0.3 is 40.9 Å². The second-order valence-corrected chi connectivity index (χ2v) is 21.6. The number of nitrogens with zero attached hydrogens (tertiary/aromatic N) is 4. The molecule has 4 aromatic rings. The van der Waals surface area contributed by atoms with Crippen molar-refractivity contribution in [3.8, 4) is 0 Å². The molecule has 2 aliphatic rings. The van der Waals surface area contributed by atoms with Gasteiger partial charge in [0.2, 0.25) is 35.4 Å². The number of hydrogen-bond donors (Lipinski definition) is 4. The van der Waals surface area contributed by atoms with E-state index in [1.165, 1.54) is 0 Å². The number of benzene rings is 4. The summed E-state index contributed by atoms with van der Waals surface area (Å²) in [4.78, 5) is 91.1. The Morgan fingerprint density at radius 1 is 0.474 bits per heavy atom. The van der Waals surface area contributed by atoms with Crippen molar-refractivity contribution in [2.24, 2.45) is 0 Å². The van der Waals surface area contributed by atoms with E-state index in [4.69, 9.17) is 0 Å². The molecule has 6 amide bonds. The van der Waals surface area contributed by atoms with Gasteiger partial charge in [-0.25, -0.2) is 0 Å². The van der Waals surface area contributed by atoms with Crippen LogP contribution in [0.1, 0.15) is 126 Å². The summed E-state index contributed by atoms with van der Waals surface area (Å²) in [5.41, 5.74) is 4.53. The number of aryl methyl sites for hydroxylation is 2. The van der Waals surface area contributed by atoms with Crippen molar-refractivity contribution in [3.63, 3.8) is 0 Å². The van der Waals surface area contributed by atoms with E-state index in [2.05, 4.69) is 45.5 Å². The van der Waals surface area contributed by atoms with Gasteiger partial charge in [0.25, 0.3) is 0 Å². The topological polar surface area (TPSA) is 163 Å². The van der Waals surface area contributed by atoms with Crippen LogP contribution >= 0.6 is 0 Å². The van der Waals surface area contributed by atoms with Crippen molar-refractivity contribution in [2.45, 2.75) is 166 Å². The van der Waals surface area contributed by atoms with Crippen LogP contribution in [0.5, 0.6) is 0 Å². The lowest BCUT2D eigenvalue weighted by Crippen LogP contribution is -2.55. The average molecular weight is 1070 g/mol. The molecule has 4 aromatic carbocycles. The first kappa shape index (κ1) is 60.8. The number of likely N-dealkylation sites (N-methyl/N-ethyl adjacent to an activating group) is 2. The molecule has 0 unspecified atom stereocenters. The van der Waals surface area contributed by atoms with Crippen LogP contribution in [0.4, 0.5) is 0 Å². The smallest absolute Gasteiger partial charge is 0.245 e. The van der Waals surface area contributed by atoms with Gasteiger partial charge in [-0.05, 0) is 127 Å². The Bertz CT molecular complexity index is 2260.